The zero-order chi connectivity index (χ0) is 54.3. The van der Waals surface area contributed by atoms with Crippen LogP contribution in [0.25, 0.3) is 98.4 Å². The van der Waals surface area contributed by atoms with E-state index in [4.69, 9.17) is 0 Å². The molecule has 11 aromatic rings. The van der Waals surface area contributed by atoms with Crippen molar-refractivity contribution in [2.45, 2.75) is 194 Å². The van der Waals surface area contributed by atoms with Gasteiger partial charge in [-0.25, -0.2) is 0 Å². The van der Waals surface area contributed by atoms with Crippen molar-refractivity contribution in [3.63, 3.8) is 0 Å². The van der Waals surface area contributed by atoms with Crippen molar-refractivity contribution in [1.29, 1.82) is 10.5 Å². The summed E-state index contributed by atoms with van der Waals surface area (Å²) in [5, 5.41) is 33.0. The summed E-state index contributed by atoms with van der Waals surface area (Å²) in [6.07, 6.45) is 9.07. The highest BCUT2D eigenvalue weighted by Gasteiger charge is 2.52. The summed E-state index contributed by atoms with van der Waals surface area (Å²) in [6.45, 7) is 33.4. The number of nitriles is 2. The highest BCUT2D eigenvalue weighted by Crippen LogP contribution is 2.63. The molecule has 4 bridgehead atoms. The first-order valence-corrected chi connectivity index (χ1v) is 29.8. The van der Waals surface area contributed by atoms with Gasteiger partial charge in [0.1, 0.15) is 0 Å². The smallest absolute Gasteiger partial charge is 0.0995 e. The fraction of sp³-hybridized carbons (Fsp3) is 0.405. The Morgan fingerprint density at radius 2 is 0.667 bits per heavy atom. The molecule has 6 aliphatic rings. The standard InChI is InChI=1S/C74H74N4/c1-37(2)47-23-41(9)24-48(38(3)4)61(47)43-27-53-51-33-58-52(34-57(51)77-59-31-45(35-75)65-67(63(59)55(29-43)69(53)77)73(13)19-15-71(65,11)16-20-73)54-28-44(62-49(39(5)6)25-42(10)26-50(62)40(7)8)30-56-64-60(78(58)70(54)56)32-46(36-76)66-68(64)74(14)21-17-72(66,12)18-22-74/h23-34,37-40H,15-22H2,1-14H3. The van der Waals surface area contributed by atoms with E-state index in [9.17, 15) is 10.5 Å². The number of fused-ring (bicyclic) bond motifs is 16. The molecule has 4 heterocycles. The molecule has 390 valence electrons. The summed E-state index contributed by atoms with van der Waals surface area (Å²) in [6, 6.07) is 35.4. The monoisotopic (exact) mass is 1020 g/mol. The topological polar surface area (TPSA) is 56.4 Å². The number of benzene rings is 7. The maximum atomic E-state index is 11.3. The highest BCUT2D eigenvalue weighted by atomic mass is 14.9. The molecule has 0 spiro atoms. The second-order valence-electron chi connectivity index (χ2n) is 28.3. The molecule has 4 heteroatoms. The molecule has 0 aliphatic heterocycles. The third kappa shape index (κ3) is 5.90. The number of aryl methyl sites for hydroxylation is 2. The lowest BCUT2D eigenvalue weighted by Crippen LogP contribution is -2.45. The largest absolute Gasteiger partial charge is 0.308 e. The number of aromatic nitrogens is 2. The van der Waals surface area contributed by atoms with Crippen LogP contribution in [0.4, 0.5) is 0 Å². The molecule has 2 saturated carbocycles. The molecule has 0 amide bonds. The summed E-state index contributed by atoms with van der Waals surface area (Å²) in [5.41, 5.74) is 28.0. The van der Waals surface area contributed by atoms with Gasteiger partial charge in [-0.2, -0.15) is 10.5 Å². The van der Waals surface area contributed by atoms with E-state index in [2.05, 4.69) is 191 Å². The second kappa shape index (κ2) is 15.5. The summed E-state index contributed by atoms with van der Waals surface area (Å²) in [7, 11) is 0. The van der Waals surface area contributed by atoms with Crippen LogP contribution in [0, 0.1) is 36.5 Å². The van der Waals surface area contributed by atoms with Gasteiger partial charge in [-0.1, -0.05) is 118 Å². The minimum atomic E-state index is -0.0229. The van der Waals surface area contributed by atoms with E-state index in [0.29, 0.717) is 23.7 Å². The van der Waals surface area contributed by atoms with E-state index in [0.717, 1.165) is 62.5 Å². The Kier molecular flexibility index (Phi) is 9.58. The van der Waals surface area contributed by atoms with Crippen molar-refractivity contribution in [3.05, 3.63) is 140 Å². The first-order chi connectivity index (χ1) is 37.1. The summed E-state index contributed by atoms with van der Waals surface area (Å²) < 4.78 is 5.19. The van der Waals surface area contributed by atoms with Crippen LogP contribution in [0.5, 0.6) is 0 Å². The van der Waals surface area contributed by atoms with E-state index in [1.165, 1.54) is 154 Å². The number of rotatable bonds is 6. The van der Waals surface area contributed by atoms with Gasteiger partial charge in [-0.3, -0.25) is 0 Å². The van der Waals surface area contributed by atoms with Crippen molar-refractivity contribution in [2.75, 3.05) is 0 Å². The zero-order valence-corrected chi connectivity index (χ0v) is 48.7. The Bertz CT molecular complexity index is 4250. The van der Waals surface area contributed by atoms with Crippen LogP contribution in [-0.4, -0.2) is 8.80 Å². The molecule has 7 aromatic carbocycles. The van der Waals surface area contributed by atoms with Gasteiger partial charge in [0.15, 0.2) is 0 Å². The van der Waals surface area contributed by atoms with Crippen LogP contribution in [0.2, 0.25) is 0 Å². The van der Waals surface area contributed by atoms with Gasteiger partial charge in [0.25, 0.3) is 0 Å². The minimum absolute atomic E-state index is 0.0186. The number of nitrogens with zero attached hydrogens (tertiary/aromatic N) is 4. The molecular weight excluding hydrogens is 945 g/mol. The lowest BCUT2D eigenvalue weighted by atomic mass is 9.51. The molecule has 0 N–H and O–H groups in total. The minimum Gasteiger partial charge on any atom is -0.308 e. The van der Waals surface area contributed by atoms with Crippen LogP contribution in [0.3, 0.4) is 0 Å². The molecule has 78 heavy (non-hydrogen) atoms. The molecule has 0 atom stereocenters. The summed E-state index contributed by atoms with van der Waals surface area (Å²) in [4.78, 5) is 0. The third-order valence-corrected chi connectivity index (χ3v) is 21.8. The van der Waals surface area contributed by atoms with Crippen LogP contribution < -0.4 is 0 Å². The van der Waals surface area contributed by atoms with Crippen molar-refractivity contribution >= 4 is 76.2 Å². The van der Waals surface area contributed by atoms with Crippen molar-refractivity contribution in [1.82, 2.24) is 8.80 Å². The van der Waals surface area contributed by atoms with Crippen LogP contribution in [-0.2, 0) is 21.7 Å². The average Bonchev–Trinajstić information content (AvgIpc) is 3.77. The van der Waals surface area contributed by atoms with Crippen molar-refractivity contribution in [3.8, 4) is 34.4 Å². The average molecular weight is 1020 g/mol. The van der Waals surface area contributed by atoms with E-state index in [1.807, 2.05) is 0 Å². The van der Waals surface area contributed by atoms with Gasteiger partial charge in [0, 0.05) is 43.1 Å². The van der Waals surface area contributed by atoms with E-state index in [-0.39, 0.29) is 21.7 Å². The van der Waals surface area contributed by atoms with Gasteiger partial charge in [0.05, 0.1) is 56.4 Å². The fourth-order valence-corrected chi connectivity index (χ4v) is 17.7. The third-order valence-electron chi connectivity index (χ3n) is 21.8. The summed E-state index contributed by atoms with van der Waals surface area (Å²) in [5.74, 6) is 1.35. The SMILES string of the molecule is Cc1cc(C(C)C)c(-c2cc3c4cc5c(cc4n4c6cc(C#N)c7c(c6c(c2)c34)C2(C)CCC7(C)CC2)c2cc(-c3c(C(C)C)cc(C)cc3C(C)C)cc3c4c6c(c(C#N)cc4n5c23)C2(C)CCC6(C)CC2)c(C(C)C)c1. The normalized spacial score (nSPS) is 23.0. The maximum absolute atomic E-state index is 11.3. The van der Waals surface area contributed by atoms with Crippen LogP contribution in [0.15, 0.2) is 72.8 Å². The van der Waals surface area contributed by atoms with Gasteiger partial charge in [-0.05, 0) is 226 Å². The maximum Gasteiger partial charge on any atom is 0.0995 e. The van der Waals surface area contributed by atoms with E-state index >= 15 is 0 Å². The van der Waals surface area contributed by atoms with Gasteiger partial charge in [0.2, 0.25) is 0 Å². The van der Waals surface area contributed by atoms with Gasteiger partial charge in [-0.15, -0.1) is 0 Å². The second-order valence-corrected chi connectivity index (χ2v) is 28.3. The lowest BCUT2D eigenvalue weighted by Gasteiger charge is -2.52. The molecule has 4 aromatic heterocycles. The van der Waals surface area contributed by atoms with E-state index < -0.39 is 0 Å². The Morgan fingerprint density at radius 3 is 0.962 bits per heavy atom. The Labute approximate surface area is 460 Å². The number of hydrogen-bond donors (Lipinski definition) is 0. The highest BCUT2D eigenvalue weighted by molar-refractivity contribution is 6.31. The zero-order valence-electron chi connectivity index (χ0n) is 48.7. The van der Waals surface area contributed by atoms with Crippen LogP contribution in [0.1, 0.15) is 225 Å². The molecule has 17 rings (SSSR count). The molecule has 4 nitrogen and oxygen atoms in total. The lowest BCUT2D eigenvalue weighted by molar-refractivity contribution is 0.189. The Morgan fingerprint density at radius 1 is 0.372 bits per heavy atom. The molecule has 0 unspecified atom stereocenters. The molecule has 0 radical (unpaired) electrons. The van der Waals surface area contributed by atoms with Gasteiger partial charge >= 0.3 is 0 Å². The molecular formula is C74H74N4. The Balaban J connectivity index is 1.17. The Hall–Kier alpha value is -6.88. The van der Waals surface area contributed by atoms with Gasteiger partial charge < -0.3 is 8.80 Å². The quantitative estimate of drug-likeness (QED) is 0.167. The predicted molar refractivity (Wildman–Crippen MR) is 328 cm³/mol. The summed E-state index contributed by atoms with van der Waals surface area (Å²) >= 11 is 0. The van der Waals surface area contributed by atoms with Crippen molar-refractivity contribution in [2.24, 2.45) is 0 Å². The van der Waals surface area contributed by atoms with E-state index in [1.54, 1.807) is 0 Å². The van der Waals surface area contributed by atoms with Crippen molar-refractivity contribution < 1.29 is 0 Å². The molecule has 2 fully saturated rings. The first-order valence-electron chi connectivity index (χ1n) is 29.8. The molecule has 0 saturated heterocycles. The van der Waals surface area contributed by atoms with Crippen LogP contribution >= 0.6 is 0 Å². The number of hydrogen-bond acceptors (Lipinski definition) is 2. The first kappa shape index (κ1) is 48.3. The fourth-order valence-electron chi connectivity index (χ4n) is 17.7. The predicted octanol–water partition coefficient (Wildman–Crippen LogP) is 20.4. The molecule has 6 aliphatic carbocycles.